The fraction of sp³-hybridized carbons (Fsp3) is 0.389. The molecule has 3 aliphatic rings. The second-order valence-electron chi connectivity index (χ2n) is 12.5. The van der Waals surface area contributed by atoms with Crippen LogP contribution in [-0.4, -0.2) is 82.8 Å². The van der Waals surface area contributed by atoms with Crippen molar-refractivity contribution in [3.63, 3.8) is 0 Å². The van der Waals surface area contributed by atoms with Gasteiger partial charge in [-0.15, -0.1) is 11.6 Å². The summed E-state index contributed by atoms with van der Waals surface area (Å²) in [4.78, 5) is 36.7. The molecular formula is C36H40Cl2FN7O3. The Hall–Kier alpha value is -4.03. The van der Waals surface area contributed by atoms with Crippen molar-refractivity contribution in [2.24, 2.45) is 0 Å². The number of allylic oxidation sites excluding steroid dienone is 2. The van der Waals surface area contributed by atoms with E-state index in [0.29, 0.717) is 74.4 Å². The van der Waals surface area contributed by atoms with Gasteiger partial charge in [0, 0.05) is 87.5 Å². The van der Waals surface area contributed by atoms with Crippen molar-refractivity contribution in [3.8, 4) is 5.88 Å². The molecule has 1 aromatic carbocycles. The molecule has 2 saturated heterocycles. The number of benzene rings is 1. The lowest BCUT2D eigenvalue weighted by molar-refractivity contribution is -0.130. The van der Waals surface area contributed by atoms with E-state index in [4.69, 9.17) is 32.9 Å². The molecule has 258 valence electrons. The second-order valence-corrected chi connectivity index (χ2v) is 13.4. The van der Waals surface area contributed by atoms with Crippen LogP contribution in [0.2, 0.25) is 5.02 Å². The Labute approximate surface area is 295 Å². The van der Waals surface area contributed by atoms with Crippen LogP contribution < -0.4 is 20.7 Å². The van der Waals surface area contributed by atoms with E-state index in [1.807, 2.05) is 48.6 Å². The van der Waals surface area contributed by atoms with Crippen LogP contribution in [-0.2, 0) is 28.2 Å². The SMILES string of the molecule is COc1nc(C2(Nc3nccc(CN4CCN(C(C)=O)CC4)c3F)C=CC=C(c3ccccc3Cl)C2Cl)ccc1CNC[C@@H]1CCC(=O)N1. The number of rotatable bonds is 11. The molecule has 2 aromatic heterocycles. The number of nitrogens with one attached hydrogen (secondary N) is 3. The van der Waals surface area contributed by atoms with Gasteiger partial charge in [-0.25, -0.2) is 14.4 Å². The van der Waals surface area contributed by atoms with Gasteiger partial charge in [0.25, 0.3) is 0 Å². The van der Waals surface area contributed by atoms with Gasteiger partial charge >= 0.3 is 0 Å². The maximum absolute atomic E-state index is 16.4. The molecule has 13 heteroatoms. The lowest BCUT2D eigenvalue weighted by atomic mass is 9.80. The number of nitrogens with zero attached hydrogens (tertiary/aromatic N) is 4. The highest BCUT2D eigenvalue weighted by molar-refractivity contribution is 6.34. The molecule has 3 atom stereocenters. The Balaban J connectivity index is 1.31. The quantitative estimate of drug-likeness (QED) is 0.242. The number of amides is 2. The largest absolute Gasteiger partial charge is 0.481 e. The molecule has 49 heavy (non-hydrogen) atoms. The van der Waals surface area contributed by atoms with Crippen LogP contribution >= 0.6 is 23.2 Å². The van der Waals surface area contributed by atoms with Gasteiger partial charge in [-0.05, 0) is 35.8 Å². The molecule has 2 aliphatic heterocycles. The number of methoxy groups -OCH3 is 1. The molecular weight excluding hydrogens is 668 g/mol. The summed E-state index contributed by atoms with van der Waals surface area (Å²) < 4.78 is 22.1. The fourth-order valence-electron chi connectivity index (χ4n) is 6.60. The van der Waals surface area contributed by atoms with Crippen molar-refractivity contribution in [3.05, 3.63) is 100 Å². The smallest absolute Gasteiger partial charge is 0.220 e. The van der Waals surface area contributed by atoms with Gasteiger partial charge in [0.2, 0.25) is 17.7 Å². The first-order valence-electron chi connectivity index (χ1n) is 16.4. The van der Waals surface area contributed by atoms with Crippen LogP contribution in [0, 0.1) is 5.82 Å². The lowest BCUT2D eigenvalue weighted by Gasteiger charge is -2.39. The van der Waals surface area contributed by atoms with Gasteiger partial charge < -0.3 is 25.6 Å². The van der Waals surface area contributed by atoms with Gasteiger partial charge in [0.1, 0.15) is 5.54 Å². The highest BCUT2D eigenvalue weighted by Gasteiger charge is 2.44. The summed E-state index contributed by atoms with van der Waals surface area (Å²) in [6.45, 7) is 5.51. The number of anilines is 1. The number of ether oxygens (including phenoxy) is 1. The van der Waals surface area contributed by atoms with Crippen LogP contribution in [0.25, 0.3) is 5.57 Å². The number of carbonyl (C=O) groups is 2. The van der Waals surface area contributed by atoms with E-state index in [-0.39, 0.29) is 23.7 Å². The first-order chi connectivity index (χ1) is 23.7. The normalized spacial score (nSPS) is 22.5. The summed E-state index contributed by atoms with van der Waals surface area (Å²) in [5, 5.41) is 9.46. The minimum absolute atomic E-state index is 0.0284. The maximum Gasteiger partial charge on any atom is 0.220 e. The van der Waals surface area contributed by atoms with Crippen molar-refractivity contribution in [2.75, 3.05) is 45.2 Å². The molecule has 2 fully saturated rings. The van der Waals surface area contributed by atoms with E-state index in [9.17, 15) is 9.59 Å². The first-order valence-corrected chi connectivity index (χ1v) is 17.2. The molecule has 2 unspecified atom stereocenters. The molecule has 0 saturated carbocycles. The van der Waals surface area contributed by atoms with E-state index < -0.39 is 16.7 Å². The van der Waals surface area contributed by atoms with Crippen LogP contribution in [0.15, 0.2) is 66.9 Å². The zero-order valence-corrected chi connectivity index (χ0v) is 29.0. The summed E-state index contributed by atoms with van der Waals surface area (Å²) in [6, 6.07) is 13.0. The Morgan fingerprint density at radius 3 is 2.65 bits per heavy atom. The predicted molar refractivity (Wildman–Crippen MR) is 189 cm³/mol. The van der Waals surface area contributed by atoms with Crippen LogP contribution in [0.4, 0.5) is 10.2 Å². The molecule has 0 bridgehead atoms. The number of pyridine rings is 2. The average Bonchev–Trinajstić information content (AvgIpc) is 3.52. The lowest BCUT2D eigenvalue weighted by Crippen LogP contribution is -2.47. The third-order valence-corrected chi connectivity index (χ3v) is 10.3. The first kappa shape index (κ1) is 34.8. The van der Waals surface area contributed by atoms with Crippen molar-refractivity contribution in [1.82, 2.24) is 30.4 Å². The summed E-state index contributed by atoms with van der Waals surface area (Å²) >= 11 is 14.1. The van der Waals surface area contributed by atoms with Gasteiger partial charge in [-0.3, -0.25) is 14.5 Å². The number of piperazine rings is 1. The zero-order valence-electron chi connectivity index (χ0n) is 27.5. The van der Waals surface area contributed by atoms with Crippen molar-refractivity contribution in [2.45, 2.75) is 49.8 Å². The molecule has 10 nitrogen and oxygen atoms in total. The molecule has 3 N–H and O–H groups in total. The van der Waals surface area contributed by atoms with E-state index in [1.165, 1.54) is 0 Å². The Bertz CT molecular complexity index is 1760. The van der Waals surface area contributed by atoms with E-state index in [2.05, 4.69) is 25.8 Å². The van der Waals surface area contributed by atoms with E-state index >= 15 is 4.39 Å². The van der Waals surface area contributed by atoms with Gasteiger partial charge in [0.05, 0.1) is 18.2 Å². The Morgan fingerprint density at radius 1 is 1.14 bits per heavy atom. The minimum atomic E-state index is -1.27. The maximum atomic E-state index is 16.4. The van der Waals surface area contributed by atoms with Gasteiger partial charge in [0.15, 0.2) is 11.6 Å². The Kier molecular flexibility index (Phi) is 10.8. The van der Waals surface area contributed by atoms with Crippen molar-refractivity contribution < 1.29 is 18.7 Å². The average molecular weight is 709 g/mol. The van der Waals surface area contributed by atoms with E-state index in [0.717, 1.165) is 23.1 Å². The standard InChI is InChI=1S/C36H40Cl2FN7O3/c1-23(47)46-18-16-45(17-19-46)22-25-13-15-41-34(32(25)39)44-36(14-5-7-28(33(36)38)27-6-3-4-8-29(27)37)30-11-9-24(35(43-30)49-2)20-40-21-26-10-12-31(48)42-26/h3-9,11,13-15,26,33,40H,10,12,16-22H2,1-2H3,(H,41,44)(H,42,48)/t26-,33?,36?/m0/s1. The molecule has 0 radical (unpaired) electrons. The van der Waals surface area contributed by atoms with Crippen LogP contribution in [0.1, 0.15) is 42.1 Å². The highest BCUT2D eigenvalue weighted by Crippen LogP contribution is 2.45. The molecule has 6 rings (SSSR count). The number of hydrogen-bond donors (Lipinski definition) is 3. The minimum Gasteiger partial charge on any atom is -0.481 e. The molecule has 2 amide bonds. The number of alkyl halides is 1. The second kappa shape index (κ2) is 15.2. The van der Waals surface area contributed by atoms with Crippen LogP contribution in [0.5, 0.6) is 5.88 Å². The molecule has 1 aliphatic carbocycles. The molecule has 4 heterocycles. The molecule has 3 aromatic rings. The number of halogens is 3. The monoisotopic (exact) mass is 707 g/mol. The van der Waals surface area contributed by atoms with Crippen molar-refractivity contribution in [1.29, 1.82) is 0 Å². The number of hydrogen-bond acceptors (Lipinski definition) is 8. The zero-order chi connectivity index (χ0) is 34.5. The Morgan fingerprint density at radius 2 is 1.94 bits per heavy atom. The number of aromatic nitrogens is 2. The van der Waals surface area contributed by atoms with Gasteiger partial charge in [-0.2, -0.15) is 0 Å². The van der Waals surface area contributed by atoms with Crippen molar-refractivity contribution >= 4 is 46.4 Å². The fourth-order valence-corrected chi connectivity index (χ4v) is 7.27. The third-order valence-electron chi connectivity index (χ3n) is 9.35. The van der Waals surface area contributed by atoms with Gasteiger partial charge in [-0.1, -0.05) is 54.1 Å². The topological polar surface area (TPSA) is 112 Å². The predicted octanol–water partition coefficient (Wildman–Crippen LogP) is 4.88. The number of carbonyl (C=O) groups excluding carboxylic acids is 2. The summed E-state index contributed by atoms with van der Waals surface area (Å²) in [5.74, 6) is 0.0362. The summed E-state index contributed by atoms with van der Waals surface area (Å²) in [6.07, 6.45) is 8.53. The third kappa shape index (κ3) is 7.60. The van der Waals surface area contributed by atoms with E-state index in [1.54, 1.807) is 37.3 Å². The summed E-state index contributed by atoms with van der Waals surface area (Å²) in [5.41, 5.74) is 2.00. The summed E-state index contributed by atoms with van der Waals surface area (Å²) in [7, 11) is 1.55. The molecule has 0 spiro atoms. The van der Waals surface area contributed by atoms with Crippen LogP contribution in [0.3, 0.4) is 0 Å². The highest BCUT2D eigenvalue weighted by atomic mass is 35.5.